The van der Waals surface area contributed by atoms with Crippen molar-refractivity contribution in [2.24, 2.45) is 5.50 Å². The fraction of sp³-hybridized carbons (Fsp3) is 0.800. The number of esters is 2. The van der Waals surface area contributed by atoms with Gasteiger partial charge in [0.15, 0.2) is 0 Å². The summed E-state index contributed by atoms with van der Waals surface area (Å²) >= 11 is 0. The molecule has 0 bridgehead atoms. The van der Waals surface area contributed by atoms with E-state index >= 15 is 0 Å². The van der Waals surface area contributed by atoms with E-state index in [4.69, 9.17) is 23.8 Å². The maximum absolute atomic E-state index is 10.9. The Morgan fingerprint density at radius 2 is 1.35 bits per heavy atom. The lowest BCUT2D eigenvalue weighted by molar-refractivity contribution is -0.143. The van der Waals surface area contributed by atoms with Gasteiger partial charge in [-0.05, 0) is 13.8 Å². The van der Waals surface area contributed by atoms with Crippen LogP contribution in [0, 0.1) is 0 Å². The van der Waals surface area contributed by atoms with Crippen LogP contribution in [0.4, 0.5) is 0 Å². The number of ether oxygens (including phenoxy) is 2. The van der Waals surface area contributed by atoms with Crippen LogP contribution in [-0.2, 0) is 23.6 Å². The maximum atomic E-state index is 10.9. The fourth-order valence-electron chi connectivity index (χ4n) is 0.972. The van der Waals surface area contributed by atoms with E-state index in [0.29, 0.717) is 39.1 Å². The molecule has 9 nitrogen and oxygen atoms in total. The first kappa shape index (κ1) is 21.3. The second-order valence-corrected chi connectivity index (χ2v) is 4.63. The Bertz CT molecular complexity index is 290. The molecule has 0 fully saturated rings. The highest BCUT2D eigenvalue weighted by Gasteiger charge is 2.02. The number of hydrogen-bond acceptors (Lipinski definition) is 6. The molecule has 0 amide bonds. The molecule has 10 heteroatoms. The van der Waals surface area contributed by atoms with Gasteiger partial charge in [-0.15, -0.1) is 0 Å². The Labute approximate surface area is 118 Å². The highest BCUT2D eigenvalue weighted by molar-refractivity contribution is 7.49. The molecule has 0 aliphatic carbocycles. The van der Waals surface area contributed by atoms with Crippen molar-refractivity contribution in [3.05, 3.63) is 0 Å². The van der Waals surface area contributed by atoms with Crippen LogP contribution >= 0.6 is 7.75 Å². The topological polar surface area (TPSA) is 148 Å². The van der Waals surface area contributed by atoms with E-state index in [0.717, 1.165) is 0 Å². The van der Waals surface area contributed by atoms with Crippen molar-refractivity contribution in [2.45, 2.75) is 26.7 Å². The predicted molar refractivity (Wildman–Crippen MR) is 71.6 cm³/mol. The number of carbonyl (C=O) groups excluding carboxylic acids is 2. The van der Waals surface area contributed by atoms with Crippen LogP contribution in [0.15, 0.2) is 0 Å². The molecule has 0 atom stereocenters. The average Bonchev–Trinajstić information content (AvgIpc) is 2.27. The first-order valence-corrected chi connectivity index (χ1v) is 7.74. The van der Waals surface area contributed by atoms with Crippen LogP contribution in [0.25, 0.3) is 0 Å². The third kappa shape index (κ3) is 25.8. The number of hydrogen-bond donors (Lipinski definition) is 4. The van der Waals surface area contributed by atoms with E-state index < -0.39 is 7.75 Å². The van der Waals surface area contributed by atoms with Crippen molar-refractivity contribution in [2.75, 3.05) is 26.3 Å². The Balaban J connectivity index is 0. The van der Waals surface area contributed by atoms with E-state index in [9.17, 15) is 9.59 Å². The Kier molecular flexibility index (Phi) is 13.9. The molecule has 0 aromatic rings. The van der Waals surface area contributed by atoms with Crippen LogP contribution in [0.5, 0.6) is 0 Å². The molecular weight excluding hydrogens is 291 g/mol. The molecule has 0 aliphatic heterocycles. The van der Waals surface area contributed by atoms with Crippen LogP contribution in [0.2, 0.25) is 0 Å². The third-order valence-electron chi connectivity index (χ3n) is 1.62. The molecule has 0 aromatic heterocycles. The van der Waals surface area contributed by atoms with E-state index in [1.165, 1.54) is 0 Å². The van der Waals surface area contributed by atoms with Crippen molar-refractivity contribution < 1.29 is 33.4 Å². The van der Waals surface area contributed by atoms with Gasteiger partial charge in [0.05, 0.1) is 26.1 Å². The number of nitrogens with one attached hydrogen (secondary N) is 1. The summed E-state index contributed by atoms with van der Waals surface area (Å²) in [5, 5.41) is 2.96. The quantitative estimate of drug-likeness (QED) is 0.265. The SMILES string of the molecule is CCOC(=O)CCNCCC(=O)OCC.NP(=O)(O)O. The lowest BCUT2D eigenvalue weighted by atomic mass is 10.4. The highest BCUT2D eigenvalue weighted by atomic mass is 31.2. The minimum absolute atomic E-state index is 0.221. The normalized spacial score (nSPS) is 10.2. The van der Waals surface area contributed by atoms with Gasteiger partial charge in [-0.2, -0.15) is 0 Å². The molecule has 0 spiro atoms. The summed E-state index contributed by atoms with van der Waals surface area (Å²) in [5.74, 6) is -0.442. The smallest absolute Gasteiger partial charge is 0.397 e. The predicted octanol–water partition coefficient (Wildman–Crippen LogP) is -0.480. The van der Waals surface area contributed by atoms with Crippen LogP contribution in [0.3, 0.4) is 0 Å². The summed E-state index contributed by atoms with van der Waals surface area (Å²) in [6, 6.07) is 0. The summed E-state index contributed by atoms with van der Waals surface area (Å²) in [5.41, 5.74) is 4.02. The lowest BCUT2D eigenvalue weighted by Crippen LogP contribution is -2.22. The van der Waals surface area contributed by atoms with Crippen molar-refractivity contribution in [1.82, 2.24) is 5.32 Å². The van der Waals surface area contributed by atoms with E-state index in [1.54, 1.807) is 13.8 Å². The summed E-state index contributed by atoms with van der Waals surface area (Å²) in [7, 11) is -4.14. The van der Waals surface area contributed by atoms with E-state index in [-0.39, 0.29) is 11.9 Å². The van der Waals surface area contributed by atoms with Gasteiger partial charge in [0.25, 0.3) is 0 Å². The second-order valence-electron chi connectivity index (χ2n) is 3.45. The molecule has 20 heavy (non-hydrogen) atoms. The molecule has 0 unspecified atom stereocenters. The van der Waals surface area contributed by atoms with Gasteiger partial charge in [0.2, 0.25) is 0 Å². The van der Waals surface area contributed by atoms with E-state index in [1.807, 2.05) is 0 Å². The van der Waals surface area contributed by atoms with Crippen molar-refractivity contribution in [1.29, 1.82) is 0 Å². The second kappa shape index (κ2) is 13.0. The van der Waals surface area contributed by atoms with Gasteiger partial charge in [0.1, 0.15) is 0 Å². The molecule has 120 valence electrons. The molecule has 0 radical (unpaired) electrons. The first-order valence-electron chi connectivity index (χ1n) is 6.06. The minimum Gasteiger partial charge on any atom is -0.466 e. The monoisotopic (exact) mass is 314 g/mol. The molecule has 5 N–H and O–H groups in total. The van der Waals surface area contributed by atoms with E-state index in [2.05, 4.69) is 10.8 Å². The zero-order chi connectivity index (χ0) is 16.0. The fourth-order valence-corrected chi connectivity index (χ4v) is 0.972. The Hall–Kier alpha value is -0.990. The molecule has 0 heterocycles. The third-order valence-corrected chi connectivity index (χ3v) is 1.62. The summed E-state index contributed by atoms with van der Waals surface area (Å²) in [4.78, 5) is 36.6. The van der Waals surface area contributed by atoms with Gasteiger partial charge in [-0.25, -0.2) is 10.1 Å². The molecule has 0 aromatic carbocycles. The molecule has 0 aliphatic rings. The molecule has 0 rings (SSSR count). The summed E-state index contributed by atoms with van der Waals surface area (Å²) < 4.78 is 18.6. The van der Waals surface area contributed by atoms with Gasteiger partial charge < -0.3 is 24.6 Å². The molecular formula is C10H23N2O7P. The van der Waals surface area contributed by atoms with Gasteiger partial charge in [-0.3, -0.25) is 9.59 Å². The highest BCUT2D eigenvalue weighted by Crippen LogP contribution is 2.20. The van der Waals surface area contributed by atoms with Crippen molar-refractivity contribution in [3.8, 4) is 0 Å². The Morgan fingerprint density at radius 1 is 1.05 bits per heavy atom. The number of carbonyl (C=O) groups is 2. The van der Waals surface area contributed by atoms with Crippen molar-refractivity contribution >= 4 is 19.7 Å². The molecule has 0 saturated heterocycles. The average molecular weight is 314 g/mol. The molecule has 0 saturated carbocycles. The maximum Gasteiger partial charge on any atom is 0.397 e. The zero-order valence-electron chi connectivity index (χ0n) is 11.7. The van der Waals surface area contributed by atoms with Crippen molar-refractivity contribution in [3.63, 3.8) is 0 Å². The summed E-state index contributed by atoms with van der Waals surface area (Å²) in [6.45, 7) is 5.40. The first-order chi connectivity index (χ1) is 9.20. The lowest BCUT2D eigenvalue weighted by Gasteiger charge is -2.04. The van der Waals surface area contributed by atoms with Gasteiger partial charge >= 0.3 is 19.7 Å². The largest absolute Gasteiger partial charge is 0.466 e. The number of rotatable bonds is 8. The minimum atomic E-state index is -4.14. The Morgan fingerprint density at radius 3 is 1.60 bits per heavy atom. The standard InChI is InChI=1S/C10H19NO4.H4NO3P/c1-3-14-9(12)5-7-11-8-6-10(13)15-4-2;1-5(2,3)4/h11H,3-8H2,1-2H3;(H4,1,2,3,4). The summed E-state index contributed by atoms with van der Waals surface area (Å²) in [6.07, 6.45) is 0.660. The van der Waals surface area contributed by atoms with Crippen LogP contribution in [0.1, 0.15) is 26.7 Å². The van der Waals surface area contributed by atoms with Crippen LogP contribution < -0.4 is 10.8 Å². The van der Waals surface area contributed by atoms with Crippen LogP contribution in [-0.4, -0.2) is 48.0 Å². The van der Waals surface area contributed by atoms with Gasteiger partial charge in [0, 0.05) is 13.1 Å². The zero-order valence-corrected chi connectivity index (χ0v) is 12.6. The number of nitrogens with two attached hydrogens (primary N) is 1. The van der Waals surface area contributed by atoms with Gasteiger partial charge in [-0.1, -0.05) is 0 Å².